The van der Waals surface area contributed by atoms with Crippen LogP contribution in [-0.4, -0.2) is 19.7 Å². The molecule has 16 heavy (non-hydrogen) atoms. The van der Waals surface area contributed by atoms with E-state index in [1.165, 1.54) is 22.3 Å². The number of nitrogens with zero attached hydrogens (tertiary/aromatic N) is 5. The molecular formula is C10H5N5S. The van der Waals surface area contributed by atoms with E-state index in [1.54, 1.807) is 0 Å². The maximum atomic E-state index is 8.63. The molecule has 0 atom stereocenters. The van der Waals surface area contributed by atoms with Crippen molar-refractivity contribution in [1.82, 2.24) is 19.7 Å². The van der Waals surface area contributed by atoms with Crippen molar-refractivity contribution in [2.75, 3.05) is 0 Å². The normalized spacial score (nSPS) is 10.4. The molecule has 0 aliphatic heterocycles. The molecule has 0 aliphatic carbocycles. The Morgan fingerprint density at radius 3 is 2.94 bits per heavy atom. The van der Waals surface area contributed by atoms with Crippen LogP contribution in [0.25, 0.3) is 15.3 Å². The van der Waals surface area contributed by atoms with E-state index in [1.807, 2.05) is 30.3 Å². The first-order valence-electron chi connectivity index (χ1n) is 4.54. The van der Waals surface area contributed by atoms with Crippen molar-refractivity contribution in [3.63, 3.8) is 0 Å². The molecule has 6 heteroatoms. The van der Waals surface area contributed by atoms with Crippen LogP contribution in [0.3, 0.4) is 0 Å². The van der Waals surface area contributed by atoms with Gasteiger partial charge in [0.15, 0.2) is 0 Å². The highest BCUT2D eigenvalue weighted by atomic mass is 32.1. The summed E-state index contributed by atoms with van der Waals surface area (Å²) >= 11 is 1.51. The molecule has 0 saturated carbocycles. The van der Waals surface area contributed by atoms with Crippen molar-refractivity contribution >= 4 is 21.6 Å². The van der Waals surface area contributed by atoms with Crippen molar-refractivity contribution in [2.45, 2.75) is 0 Å². The van der Waals surface area contributed by atoms with E-state index < -0.39 is 0 Å². The van der Waals surface area contributed by atoms with Gasteiger partial charge in [0.05, 0.1) is 10.2 Å². The third-order valence-electron chi connectivity index (χ3n) is 2.07. The van der Waals surface area contributed by atoms with E-state index in [0.717, 1.165) is 15.3 Å². The lowest BCUT2D eigenvalue weighted by atomic mass is 10.3. The molecule has 0 spiro atoms. The first-order chi connectivity index (χ1) is 7.86. The molecule has 0 aliphatic rings. The number of hydrogen-bond donors (Lipinski definition) is 0. The molecule has 0 radical (unpaired) electrons. The lowest BCUT2D eigenvalue weighted by molar-refractivity contribution is 0.865. The van der Waals surface area contributed by atoms with Crippen LogP contribution in [0.1, 0.15) is 5.82 Å². The average molecular weight is 227 g/mol. The standard InChI is InChI=1S/C10H5N5S/c11-5-9-12-6-15(14-9)10-13-7-3-1-2-4-8(7)16-10/h1-4,6H. The first kappa shape index (κ1) is 9.00. The number of thiazole rings is 1. The van der Waals surface area contributed by atoms with Gasteiger partial charge in [0.25, 0.3) is 5.82 Å². The zero-order valence-electron chi connectivity index (χ0n) is 8.03. The summed E-state index contributed by atoms with van der Waals surface area (Å²) in [5.74, 6) is 0.152. The molecule has 0 unspecified atom stereocenters. The lowest BCUT2D eigenvalue weighted by Gasteiger charge is -1.88. The van der Waals surface area contributed by atoms with Crippen molar-refractivity contribution in [3.05, 3.63) is 36.4 Å². The quantitative estimate of drug-likeness (QED) is 0.635. The summed E-state index contributed by atoms with van der Waals surface area (Å²) < 4.78 is 2.61. The molecule has 0 N–H and O–H groups in total. The van der Waals surface area contributed by atoms with Gasteiger partial charge in [-0.3, -0.25) is 0 Å². The summed E-state index contributed by atoms with van der Waals surface area (Å²) in [6.07, 6.45) is 1.50. The maximum absolute atomic E-state index is 8.63. The van der Waals surface area contributed by atoms with Crippen LogP contribution < -0.4 is 0 Å². The highest BCUT2D eigenvalue weighted by Crippen LogP contribution is 2.23. The minimum Gasteiger partial charge on any atom is -0.218 e. The van der Waals surface area contributed by atoms with Gasteiger partial charge < -0.3 is 0 Å². The molecule has 1 aromatic carbocycles. The highest BCUT2D eigenvalue weighted by Gasteiger charge is 2.07. The van der Waals surface area contributed by atoms with Crippen LogP contribution in [-0.2, 0) is 0 Å². The predicted octanol–water partition coefficient (Wildman–Crippen LogP) is 1.75. The van der Waals surface area contributed by atoms with Crippen molar-refractivity contribution in [2.24, 2.45) is 0 Å². The van der Waals surface area contributed by atoms with Crippen molar-refractivity contribution in [1.29, 1.82) is 5.26 Å². The van der Waals surface area contributed by atoms with Gasteiger partial charge >= 0.3 is 0 Å². The summed E-state index contributed by atoms with van der Waals surface area (Å²) in [5, 5.41) is 13.3. The molecule has 2 aromatic heterocycles. The van der Waals surface area contributed by atoms with Crippen LogP contribution in [0.5, 0.6) is 0 Å². The third kappa shape index (κ3) is 1.34. The topological polar surface area (TPSA) is 67.4 Å². The Labute approximate surface area is 94.6 Å². The number of nitriles is 1. The number of benzene rings is 1. The number of hydrogen-bond acceptors (Lipinski definition) is 5. The molecule has 76 valence electrons. The molecule has 0 saturated heterocycles. The van der Waals surface area contributed by atoms with Gasteiger partial charge in [0, 0.05) is 0 Å². The second kappa shape index (κ2) is 3.40. The van der Waals surface area contributed by atoms with Gasteiger partial charge in [-0.15, -0.1) is 5.10 Å². The SMILES string of the molecule is N#Cc1ncn(-c2nc3ccccc3s2)n1. The molecule has 0 amide bonds. The van der Waals surface area contributed by atoms with E-state index in [9.17, 15) is 0 Å². The minimum atomic E-state index is 0.152. The zero-order valence-corrected chi connectivity index (χ0v) is 8.85. The Kier molecular flexibility index (Phi) is 1.91. The molecule has 3 rings (SSSR count). The van der Waals surface area contributed by atoms with E-state index in [4.69, 9.17) is 5.26 Å². The Morgan fingerprint density at radius 2 is 2.19 bits per heavy atom. The largest absolute Gasteiger partial charge is 0.252 e. The number of aromatic nitrogens is 4. The van der Waals surface area contributed by atoms with E-state index >= 15 is 0 Å². The monoisotopic (exact) mass is 227 g/mol. The summed E-state index contributed by atoms with van der Waals surface area (Å²) in [5.41, 5.74) is 0.927. The first-order valence-corrected chi connectivity index (χ1v) is 5.36. The van der Waals surface area contributed by atoms with Crippen LogP contribution in [0.15, 0.2) is 30.6 Å². The second-order valence-corrected chi connectivity index (χ2v) is 4.10. The van der Waals surface area contributed by atoms with Crippen LogP contribution in [0, 0.1) is 11.3 Å². The summed E-state index contributed by atoms with van der Waals surface area (Å²) in [6.45, 7) is 0. The third-order valence-corrected chi connectivity index (χ3v) is 3.10. The molecule has 2 heterocycles. The van der Waals surface area contributed by atoms with Crippen LogP contribution in [0.4, 0.5) is 0 Å². The van der Waals surface area contributed by atoms with Crippen LogP contribution >= 0.6 is 11.3 Å². The van der Waals surface area contributed by atoms with Gasteiger partial charge in [-0.05, 0) is 12.1 Å². The van der Waals surface area contributed by atoms with E-state index in [2.05, 4.69) is 15.1 Å². The lowest BCUT2D eigenvalue weighted by Crippen LogP contribution is -1.93. The van der Waals surface area contributed by atoms with Crippen molar-refractivity contribution in [3.8, 4) is 11.2 Å². The average Bonchev–Trinajstić information content (AvgIpc) is 2.95. The fraction of sp³-hybridized carbons (Fsp3) is 0. The maximum Gasteiger partial charge on any atom is 0.252 e. The fourth-order valence-electron chi connectivity index (χ4n) is 1.36. The second-order valence-electron chi connectivity index (χ2n) is 3.09. The Morgan fingerprint density at radius 1 is 1.31 bits per heavy atom. The number of rotatable bonds is 1. The Bertz CT molecular complexity index is 657. The highest BCUT2D eigenvalue weighted by molar-refractivity contribution is 7.20. The van der Waals surface area contributed by atoms with Gasteiger partial charge in [-0.1, -0.05) is 23.5 Å². The fourth-order valence-corrected chi connectivity index (χ4v) is 2.25. The smallest absolute Gasteiger partial charge is 0.218 e. The molecule has 0 fully saturated rings. The zero-order chi connectivity index (χ0) is 11.0. The number of para-hydroxylation sites is 1. The van der Waals surface area contributed by atoms with Crippen molar-refractivity contribution < 1.29 is 0 Å². The summed E-state index contributed by atoms with van der Waals surface area (Å²) in [4.78, 5) is 8.24. The van der Waals surface area contributed by atoms with Crippen LogP contribution in [0.2, 0.25) is 0 Å². The van der Waals surface area contributed by atoms with Gasteiger partial charge in [-0.25, -0.2) is 9.97 Å². The van der Waals surface area contributed by atoms with Gasteiger partial charge in [-0.2, -0.15) is 9.94 Å². The molecule has 0 bridgehead atoms. The van der Waals surface area contributed by atoms with Gasteiger partial charge in [0.2, 0.25) is 5.13 Å². The van der Waals surface area contributed by atoms with Gasteiger partial charge in [0.1, 0.15) is 12.4 Å². The Hall–Kier alpha value is -2.26. The summed E-state index contributed by atoms with van der Waals surface area (Å²) in [7, 11) is 0. The minimum absolute atomic E-state index is 0.152. The van der Waals surface area contributed by atoms with E-state index in [0.29, 0.717) is 0 Å². The predicted molar refractivity (Wildman–Crippen MR) is 59.3 cm³/mol. The molecule has 5 nitrogen and oxygen atoms in total. The van der Waals surface area contributed by atoms with E-state index in [-0.39, 0.29) is 5.82 Å². The Balaban J connectivity index is 2.15. The summed E-state index contributed by atoms with van der Waals surface area (Å²) in [6, 6.07) is 9.73. The molecule has 3 aromatic rings. The molecular weight excluding hydrogens is 222 g/mol. The number of fused-ring (bicyclic) bond motifs is 1.